The Labute approximate surface area is 141 Å². The lowest BCUT2D eigenvalue weighted by atomic mass is 9.70. The van der Waals surface area contributed by atoms with Gasteiger partial charge < -0.3 is 4.43 Å². The molecule has 23 heavy (non-hydrogen) atoms. The van der Waals surface area contributed by atoms with Crippen molar-refractivity contribution in [3.05, 3.63) is 35.9 Å². The fourth-order valence-corrected chi connectivity index (χ4v) is 5.09. The molecule has 1 aromatic carbocycles. The summed E-state index contributed by atoms with van der Waals surface area (Å²) >= 11 is 0. The zero-order chi connectivity index (χ0) is 16.9. The third-order valence-corrected chi connectivity index (χ3v) is 11.0. The molecule has 126 valence electrons. The smallest absolute Gasteiger partial charge is 0.192 e. The van der Waals surface area contributed by atoms with Crippen LogP contribution in [0.15, 0.2) is 30.3 Å². The topological polar surface area (TPSA) is 26.3 Å². The second-order valence-electron chi connectivity index (χ2n) is 9.26. The molecule has 0 unspecified atom stereocenters. The van der Waals surface area contributed by atoms with Crippen LogP contribution in [0.4, 0.5) is 0 Å². The fraction of sp³-hybridized carbons (Fsp3) is 0.650. The average Bonchev–Trinajstić information content (AvgIpc) is 3.00. The summed E-state index contributed by atoms with van der Waals surface area (Å²) in [6, 6.07) is 9.80. The lowest BCUT2D eigenvalue weighted by Gasteiger charge is -2.43. The summed E-state index contributed by atoms with van der Waals surface area (Å²) in [7, 11) is -1.69. The summed E-state index contributed by atoms with van der Waals surface area (Å²) < 4.78 is 6.48. The van der Waals surface area contributed by atoms with Crippen LogP contribution in [0.3, 0.4) is 0 Å². The Morgan fingerprint density at radius 1 is 1.17 bits per heavy atom. The molecule has 0 radical (unpaired) electrons. The number of hydrogen-bond acceptors (Lipinski definition) is 2. The standard InChI is InChI=1S/C20H30O2Si/c1-19(2,3)23(4,5)22-14-20-11-16(12-20)17(13-20)18(21)15-9-7-6-8-10-15/h6-10,16-17H,11-14H2,1-5H3/t16?,17-,20?/m0/s1. The molecule has 0 heterocycles. The van der Waals surface area contributed by atoms with Gasteiger partial charge in [0.15, 0.2) is 14.1 Å². The highest BCUT2D eigenvalue weighted by Crippen LogP contribution is 2.62. The fourth-order valence-electron chi connectivity index (χ4n) is 3.99. The van der Waals surface area contributed by atoms with Gasteiger partial charge in [0.1, 0.15) is 0 Å². The van der Waals surface area contributed by atoms with Crippen LogP contribution in [-0.4, -0.2) is 20.7 Å². The molecule has 1 atom stereocenters. The summed E-state index contributed by atoms with van der Waals surface area (Å²) in [4.78, 5) is 12.8. The number of hydrogen-bond donors (Lipinski definition) is 0. The van der Waals surface area contributed by atoms with Gasteiger partial charge in [-0.05, 0) is 48.7 Å². The third kappa shape index (κ3) is 3.06. The van der Waals surface area contributed by atoms with Gasteiger partial charge in [-0.25, -0.2) is 0 Å². The number of carbonyl (C=O) groups is 1. The van der Waals surface area contributed by atoms with Gasteiger partial charge in [-0.15, -0.1) is 0 Å². The Bertz CT molecular complexity index is 579. The first-order chi connectivity index (χ1) is 10.6. The molecule has 0 amide bonds. The molecule has 3 heteroatoms. The van der Waals surface area contributed by atoms with Crippen molar-refractivity contribution in [1.29, 1.82) is 0 Å². The maximum atomic E-state index is 12.8. The Morgan fingerprint density at radius 2 is 1.78 bits per heavy atom. The Kier molecular flexibility index (Phi) is 4.09. The monoisotopic (exact) mass is 330 g/mol. The van der Waals surface area contributed by atoms with Crippen molar-refractivity contribution in [2.24, 2.45) is 17.3 Å². The van der Waals surface area contributed by atoms with Gasteiger partial charge in [0.25, 0.3) is 0 Å². The van der Waals surface area contributed by atoms with Gasteiger partial charge in [-0.1, -0.05) is 51.1 Å². The number of rotatable bonds is 5. The minimum atomic E-state index is -1.69. The second kappa shape index (κ2) is 5.56. The Hall–Kier alpha value is -0.933. The molecule has 0 saturated heterocycles. The van der Waals surface area contributed by atoms with Crippen LogP contribution < -0.4 is 0 Å². The zero-order valence-electron chi connectivity index (χ0n) is 15.2. The molecule has 0 spiro atoms. The van der Waals surface area contributed by atoms with Crippen LogP contribution in [0.5, 0.6) is 0 Å². The molecule has 3 saturated carbocycles. The van der Waals surface area contributed by atoms with Crippen molar-refractivity contribution in [3.8, 4) is 0 Å². The van der Waals surface area contributed by atoms with Crippen LogP contribution in [0.2, 0.25) is 18.1 Å². The SMILES string of the molecule is CC(C)(C)[Si](C)(C)OCC12CC(C1)[C@@H](C(=O)c1ccccc1)C2. The number of ketones is 1. The lowest BCUT2D eigenvalue weighted by molar-refractivity contribution is 0.0589. The predicted octanol–water partition coefficient (Wildman–Crippen LogP) is 5.31. The Balaban J connectivity index is 1.62. The lowest BCUT2D eigenvalue weighted by Crippen LogP contribution is -2.45. The van der Waals surface area contributed by atoms with Crippen LogP contribution in [0.1, 0.15) is 50.4 Å². The number of fused-ring (bicyclic) bond motifs is 1. The van der Waals surface area contributed by atoms with Gasteiger partial charge in [0.2, 0.25) is 0 Å². The minimum Gasteiger partial charge on any atom is -0.416 e. The third-order valence-electron chi connectivity index (χ3n) is 6.55. The van der Waals surface area contributed by atoms with E-state index in [0.717, 1.165) is 18.6 Å². The van der Waals surface area contributed by atoms with E-state index in [1.807, 2.05) is 30.3 Å². The van der Waals surface area contributed by atoms with Crippen LogP contribution >= 0.6 is 0 Å². The van der Waals surface area contributed by atoms with Gasteiger partial charge >= 0.3 is 0 Å². The normalized spacial score (nSPS) is 30.1. The van der Waals surface area contributed by atoms with E-state index in [2.05, 4.69) is 33.9 Å². The van der Waals surface area contributed by atoms with E-state index in [1.54, 1.807) is 0 Å². The maximum Gasteiger partial charge on any atom is 0.192 e. The van der Waals surface area contributed by atoms with Gasteiger partial charge in [-0.2, -0.15) is 0 Å². The second-order valence-corrected chi connectivity index (χ2v) is 14.1. The van der Waals surface area contributed by atoms with E-state index < -0.39 is 8.32 Å². The van der Waals surface area contributed by atoms with Crippen molar-refractivity contribution in [3.63, 3.8) is 0 Å². The van der Waals surface area contributed by atoms with Crippen LogP contribution in [0.25, 0.3) is 0 Å². The van der Waals surface area contributed by atoms with Crippen molar-refractivity contribution < 1.29 is 9.22 Å². The first kappa shape index (κ1) is 16.9. The Morgan fingerprint density at radius 3 is 2.35 bits per heavy atom. The van der Waals surface area contributed by atoms with E-state index >= 15 is 0 Å². The summed E-state index contributed by atoms with van der Waals surface area (Å²) in [5.74, 6) is 1.16. The van der Waals surface area contributed by atoms with Gasteiger partial charge in [-0.3, -0.25) is 4.79 Å². The summed E-state index contributed by atoms with van der Waals surface area (Å²) in [6.45, 7) is 12.4. The number of benzene rings is 1. The molecule has 3 fully saturated rings. The van der Waals surface area contributed by atoms with E-state index in [0.29, 0.717) is 11.7 Å². The highest BCUT2D eigenvalue weighted by atomic mass is 28.4. The molecular formula is C20H30O2Si. The largest absolute Gasteiger partial charge is 0.416 e. The summed E-state index contributed by atoms with van der Waals surface area (Å²) in [6.07, 6.45) is 3.40. The highest BCUT2D eigenvalue weighted by Gasteiger charge is 2.58. The van der Waals surface area contributed by atoms with E-state index in [4.69, 9.17) is 4.43 Å². The maximum absolute atomic E-state index is 12.8. The van der Waals surface area contributed by atoms with Crippen molar-refractivity contribution >= 4 is 14.1 Å². The first-order valence-corrected chi connectivity index (χ1v) is 11.8. The summed E-state index contributed by atoms with van der Waals surface area (Å²) in [5, 5.41) is 0.255. The van der Waals surface area contributed by atoms with Gasteiger partial charge in [0.05, 0.1) is 0 Å². The number of Topliss-reactive ketones (excluding diaryl/α,β-unsaturated/α-hetero) is 1. The molecular weight excluding hydrogens is 300 g/mol. The molecule has 3 aliphatic carbocycles. The predicted molar refractivity (Wildman–Crippen MR) is 97.2 cm³/mol. The molecule has 2 bridgehead atoms. The molecule has 4 rings (SSSR count). The zero-order valence-corrected chi connectivity index (χ0v) is 16.2. The van der Waals surface area contributed by atoms with Gasteiger partial charge in [0, 0.05) is 18.1 Å². The molecule has 0 N–H and O–H groups in total. The van der Waals surface area contributed by atoms with Crippen LogP contribution in [0, 0.1) is 17.3 Å². The number of carbonyl (C=O) groups excluding carboxylic acids is 1. The molecule has 1 aromatic rings. The average molecular weight is 331 g/mol. The minimum absolute atomic E-state index is 0.223. The molecule has 0 aromatic heterocycles. The van der Waals surface area contributed by atoms with E-state index in [1.165, 1.54) is 12.8 Å². The van der Waals surface area contributed by atoms with E-state index in [9.17, 15) is 4.79 Å². The first-order valence-electron chi connectivity index (χ1n) is 8.87. The summed E-state index contributed by atoms with van der Waals surface area (Å²) in [5.41, 5.74) is 1.17. The molecule has 3 aliphatic rings. The van der Waals surface area contributed by atoms with Crippen molar-refractivity contribution in [2.75, 3.05) is 6.61 Å². The molecule has 0 aliphatic heterocycles. The van der Waals surface area contributed by atoms with Crippen molar-refractivity contribution in [2.45, 2.75) is 58.2 Å². The van der Waals surface area contributed by atoms with E-state index in [-0.39, 0.29) is 16.4 Å². The molecule has 2 nitrogen and oxygen atoms in total. The highest BCUT2D eigenvalue weighted by molar-refractivity contribution is 6.74. The quantitative estimate of drug-likeness (QED) is 0.540. The van der Waals surface area contributed by atoms with Crippen LogP contribution in [-0.2, 0) is 4.43 Å². The van der Waals surface area contributed by atoms with Crippen molar-refractivity contribution in [1.82, 2.24) is 0 Å².